The third kappa shape index (κ3) is 5.26. The SMILES string of the molecule is c1ccc(-c2ccccc2Oc2cc3c4c(c2)Oc2c(cccc2N2c5ccccc5Oc5ccccc52)B4c2cccc(N4c5ccccc5Oc5ccccc54)c2O3)cc1. The van der Waals surface area contributed by atoms with Crippen LogP contribution in [0, 0.1) is 0 Å². The minimum atomic E-state index is -0.254. The molecule has 4 aliphatic heterocycles. The van der Waals surface area contributed by atoms with Gasteiger partial charge in [-0.05, 0) is 83.2 Å². The average Bonchev–Trinajstić information content (AvgIpc) is 3.32. The summed E-state index contributed by atoms with van der Waals surface area (Å²) in [6.07, 6.45) is 0. The Kier molecular flexibility index (Phi) is 7.56. The number of benzene rings is 9. The second kappa shape index (κ2) is 13.6. The van der Waals surface area contributed by atoms with Crippen molar-refractivity contribution in [1.82, 2.24) is 0 Å². The topological polar surface area (TPSA) is 52.6 Å². The molecule has 4 aliphatic rings. The van der Waals surface area contributed by atoms with Gasteiger partial charge in [-0.1, -0.05) is 121 Å². The standard InChI is InChI=1S/C54H33BN2O5/c1-2-16-34(17-3-1)36-18-4-9-27-45(36)58-35-32-50-52-51(33-35)62-54-38(20-15-26-44(54)57-41-23-7-12-30-48(41)60-49-31-13-8-24-42(49)57)55(52)37-19-14-25-43(53(37)61-50)56-39-21-5-10-28-46(39)59-47-29-11-6-22-40(47)56/h1-33H. The van der Waals surface area contributed by atoms with E-state index in [0.717, 1.165) is 102 Å². The van der Waals surface area contributed by atoms with Crippen LogP contribution in [0.1, 0.15) is 0 Å². The minimum Gasteiger partial charge on any atom is -0.456 e. The normalized spacial score (nSPS) is 13.3. The van der Waals surface area contributed by atoms with Crippen LogP contribution in [0.15, 0.2) is 200 Å². The summed E-state index contributed by atoms with van der Waals surface area (Å²) in [7, 11) is 0. The Bertz CT molecular complexity index is 3020. The number of para-hydroxylation sites is 11. The van der Waals surface area contributed by atoms with Gasteiger partial charge in [0.05, 0.1) is 34.1 Å². The van der Waals surface area contributed by atoms with Gasteiger partial charge in [0.2, 0.25) is 0 Å². The maximum atomic E-state index is 7.22. The summed E-state index contributed by atoms with van der Waals surface area (Å²) >= 11 is 0. The van der Waals surface area contributed by atoms with Crippen LogP contribution in [0.25, 0.3) is 11.1 Å². The maximum absolute atomic E-state index is 7.22. The molecule has 292 valence electrons. The molecule has 0 fully saturated rings. The zero-order valence-corrected chi connectivity index (χ0v) is 33.1. The summed E-state index contributed by atoms with van der Waals surface area (Å²) < 4.78 is 34.2. The Labute approximate surface area is 358 Å². The van der Waals surface area contributed by atoms with Crippen molar-refractivity contribution in [2.24, 2.45) is 0 Å². The number of hydrogen-bond acceptors (Lipinski definition) is 7. The second-order valence-electron chi connectivity index (χ2n) is 15.6. The van der Waals surface area contributed by atoms with Crippen LogP contribution in [-0.4, -0.2) is 6.71 Å². The average molecular weight is 801 g/mol. The third-order valence-electron chi connectivity index (χ3n) is 12.0. The lowest BCUT2D eigenvalue weighted by Crippen LogP contribution is -2.57. The molecule has 0 N–H and O–H groups in total. The first-order valence-corrected chi connectivity index (χ1v) is 20.7. The fourth-order valence-electron chi connectivity index (χ4n) is 9.37. The molecule has 0 saturated heterocycles. The molecule has 0 radical (unpaired) electrons. The van der Waals surface area contributed by atoms with Crippen molar-refractivity contribution >= 4 is 57.2 Å². The number of anilines is 6. The van der Waals surface area contributed by atoms with E-state index in [0.29, 0.717) is 17.2 Å². The van der Waals surface area contributed by atoms with Gasteiger partial charge in [-0.25, -0.2) is 0 Å². The van der Waals surface area contributed by atoms with Gasteiger partial charge in [0, 0.05) is 23.2 Å². The van der Waals surface area contributed by atoms with E-state index in [1.54, 1.807) is 0 Å². The maximum Gasteiger partial charge on any atom is 0.260 e. The van der Waals surface area contributed by atoms with Crippen LogP contribution >= 0.6 is 0 Å². The monoisotopic (exact) mass is 800 g/mol. The lowest BCUT2D eigenvalue weighted by atomic mass is 9.34. The molecule has 13 rings (SSSR count). The van der Waals surface area contributed by atoms with Gasteiger partial charge in [0.25, 0.3) is 6.71 Å². The molecule has 9 aromatic carbocycles. The van der Waals surface area contributed by atoms with Gasteiger partial charge in [-0.2, -0.15) is 0 Å². The molecule has 62 heavy (non-hydrogen) atoms. The first-order chi connectivity index (χ1) is 30.7. The minimum absolute atomic E-state index is 0.254. The van der Waals surface area contributed by atoms with E-state index >= 15 is 0 Å². The van der Waals surface area contributed by atoms with Crippen molar-refractivity contribution in [1.29, 1.82) is 0 Å². The summed E-state index contributed by atoms with van der Waals surface area (Å²) in [6, 6.07) is 67.7. The van der Waals surface area contributed by atoms with Crippen LogP contribution in [0.4, 0.5) is 34.1 Å². The van der Waals surface area contributed by atoms with E-state index in [4.69, 9.17) is 23.7 Å². The molecule has 4 heterocycles. The molecule has 0 aliphatic carbocycles. The largest absolute Gasteiger partial charge is 0.456 e. The highest BCUT2D eigenvalue weighted by Gasteiger charge is 2.44. The first-order valence-electron chi connectivity index (χ1n) is 20.7. The van der Waals surface area contributed by atoms with Gasteiger partial charge in [0.1, 0.15) is 34.5 Å². The van der Waals surface area contributed by atoms with Crippen molar-refractivity contribution in [2.75, 3.05) is 9.80 Å². The van der Waals surface area contributed by atoms with Gasteiger partial charge in [-0.15, -0.1) is 0 Å². The zero-order valence-electron chi connectivity index (χ0n) is 33.1. The molecule has 0 atom stereocenters. The Morgan fingerprint density at radius 2 is 0.774 bits per heavy atom. The fraction of sp³-hybridized carbons (Fsp3) is 0. The van der Waals surface area contributed by atoms with E-state index in [1.165, 1.54) is 0 Å². The van der Waals surface area contributed by atoms with Crippen molar-refractivity contribution in [3.63, 3.8) is 0 Å². The van der Waals surface area contributed by atoms with Gasteiger partial charge < -0.3 is 23.7 Å². The van der Waals surface area contributed by atoms with E-state index in [9.17, 15) is 0 Å². The summed E-state index contributed by atoms with van der Waals surface area (Å²) in [5.74, 6) is 7.18. The van der Waals surface area contributed by atoms with Crippen LogP contribution in [-0.2, 0) is 0 Å². The third-order valence-corrected chi connectivity index (χ3v) is 12.0. The Hall–Kier alpha value is -8.36. The molecule has 0 bridgehead atoms. The molecule has 9 aromatic rings. The van der Waals surface area contributed by atoms with Crippen LogP contribution in [0.2, 0.25) is 0 Å². The Balaban J connectivity index is 1.04. The van der Waals surface area contributed by atoms with Crippen molar-refractivity contribution in [2.45, 2.75) is 0 Å². The van der Waals surface area contributed by atoms with Crippen molar-refractivity contribution in [3.05, 3.63) is 200 Å². The lowest BCUT2D eigenvalue weighted by molar-refractivity contribution is 0.443. The number of fused-ring (bicyclic) bond motifs is 8. The van der Waals surface area contributed by atoms with E-state index in [2.05, 4.69) is 88.7 Å². The van der Waals surface area contributed by atoms with E-state index in [1.807, 2.05) is 121 Å². The molecule has 0 spiro atoms. The molecule has 0 unspecified atom stereocenters. The fourth-order valence-corrected chi connectivity index (χ4v) is 9.37. The number of hydrogen-bond donors (Lipinski definition) is 0. The van der Waals surface area contributed by atoms with Gasteiger partial charge in [-0.3, -0.25) is 9.80 Å². The number of ether oxygens (including phenoxy) is 5. The van der Waals surface area contributed by atoms with Crippen molar-refractivity contribution in [3.8, 4) is 68.6 Å². The van der Waals surface area contributed by atoms with Crippen LogP contribution < -0.4 is 49.9 Å². The smallest absolute Gasteiger partial charge is 0.260 e. The molecule has 0 aromatic heterocycles. The summed E-state index contributed by atoms with van der Waals surface area (Å²) in [5, 5.41) is 0. The molecular formula is C54H33BN2O5. The van der Waals surface area contributed by atoms with Gasteiger partial charge in [0.15, 0.2) is 23.0 Å². The Morgan fingerprint density at radius 3 is 1.27 bits per heavy atom. The Morgan fingerprint density at radius 1 is 0.355 bits per heavy atom. The molecule has 8 heteroatoms. The zero-order chi connectivity index (χ0) is 40.7. The first kappa shape index (κ1) is 34.5. The molecule has 0 saturated carbocycles. The van der Waals surface area contributed by atoms with E-state index < -0.39 is 0 Å². The number of nitrogens with zero attached hydrogens (tertiary/aromatic N) is 2. The highest BCUT2D eigenvalue weighted by atomic mass is 16.5. The quantitative estimate of drug-likeness (QED) is 0.161. The molecule has 7 nitrogen and oxygen atoms in total. The van der Waals surface area contributed by atoms with E-state index in [-0.39, 0.29) is 6.71 Å². The summed E-state index contributed by atoms with van der Waals surface area (Å²) in [5.41, 5.74) is 10.5. The molecule has 0 amide bonds. The van der Waals surface area contributed by atoms with Crippen LogP contribution in [0.5, 0.6) is 57.5 Å². The lowest BCUT2D eigenvalue weighted by Gasteiger charge is -2.39. The van der Waals surface area contributed by atoms with Crippen molar-refractivity contribution < 1.29 is 23.7 Å². The predicted octanol–water partition coefficient (Wildman–Crippen LogP) is 13.0. The summed E-state index contributed by atoms with van der Waals surface area (Å²) in [4.78, 5) is 4.49. The second-order valence-corrected chi connectivity index (χ2v) is 15.6. The van der Waals surface area contributed by atoms with Gasteiger partial charge >= 0.3 is 0 Å². The van der Waals surface area contributed by atoms with Crippen LogP contribution in [0.3, 0.4) is 0 Å². The number of rotatable bonds is 5. The highest BCUT2D eigenvalue weighted by Crippen LogP contribution is 2.55. The summed E-state index contributed by atoms with van der Waals surface area (Å²) in [6.45, 7) is -0.254. The highest BCUT2D eigenvalue weighted by molar-refractivity contribution is 6.98. The molecular weight excluding hydrogens is 767 g/mol. The predicted molar refractivity (Wildman–Crippen MR) is 246 cm³/mol.